The molecule has 1 aliphatic carbocycles. The van der Waals surface area contributed by atoms with Crippen LogP contribution in [0.5, 0.6) is 0 Å². The minimum Gasteiger partial charge on any atom is -0.308 e. The first-order valence-electron chi connectivity index (χ1n) is 7.77. The molecule has 1 aliphatic rings. The summed E-state index contributed by atoms with van der Waals surface area (Å²) in [4.78, 5) is 0. The lowest BCUT2D eigenvalue weighted by atomic mass is 9.83. The predicted octanol–water partition coefficient (Wildman–Crippen LogP) is 2.96. The smallest absolute Gasteiger partial charge is 0.0249 e. The van der Waals surface area contributed by atoms with E-state index in [2.05, 4.69) is 31.5 Å². The van der Waals surface area contributed by atoms with E-state index in [0.717, 1.165) is 12.5 Å². The lowest BCUT2D eigenvalue weighted by molar-refractivity contribution is 0.238. The summed E-state index contributed by atoms with van der Waals surface area (Å²) in [6.07, 6.45) is 11.0. The Hall–Kier alpha value is -0.120. The highest BCUT2D eigenvalue weighted by Gasteiger charge is 2.26. The van der Waals surface area contributed by atoms with Crippen LogP contribution in [0.15, 0.2) is 0 Å². The van der Waals surface area contributed by atoms with Crippen molar-refractivity contribution in [2.24, 2.45) is 11.8 Å². The number of hydrogen-bond donors (Lipinski definition) is 3. The fourth-order valence-corrected chi connectivity index (χ4v) is 3.16. The van der Waals surface area contributed by atoms with E-state index < -0.39 is 0 Å². The van der Waals surface area contributed by atoms with Crippen molar-refractivity contribution >= 4 is 0 Å². The Labute approximate surface area is 113 Å². The van der Waals surface area contributed by atoms with Crippen molar-refractivity contribution in [1.82, 2.24) is 10.7 Å². The van der Waals surface area contributed by atoms with Gasteiger partial charge in [-0.05, 0) is 39.0 Å². The normalized spacial score (nSPS) is 33.0. The molecular weight excluding hydrogens is 222 g/mol. The molecular formula is C15H33N3. The highest BCUT2D eigenvalue weighted by atomic mass is 15.2. The van der Waals surface area contributed by atoms with Gasteiger partial charge in [-0.15, -0.1) is 0 Å². The van der Waals surface area contributed by atoms with Crippen LogP contribution in [0.25, 0.3) is 0 Å². The molecule has 0 aromatic rings. The molecule has 0 aliphatic heterocycles. The van der Waals surface area contributed by atoms with E-state index in [4.69, 9.17) is 5.84 Å². The zero-order chi connectivity index (χ0) is 13.4. The average Bonchev–Trinajstić information content (AvgIpc) is 2.31. The summed E-state index contributed by atoms with van der Waals surface area (Å²) in [6.45, 7) is 7.86. The summed E-state index contributed by atoms with van der Waals surface area (Å²) in [5.74, 6) is 6.29. The third-order valence-corrected chi connectivity index (χ3v) is 4.38. The lowest BCUT2D eigenvalue weighted by Crippen LogP contribution is -2.51. The SMILES string of the molecule is CC1CCCCCCC(C)(NC(C)CNN)CC1. The van der Waals surface area contributed by atoms with Crippen molar-refractivity contribution in [3.05, 3.63) is 0 Å². The van der Waals surface area contributed by atoms with Gasteiger partial charge in [-0.1, -0.05) is 39.0 Å². The quantitative estimate of drug-likeness (QED) is 0.535. The molecule has 108 valence electrons. The third-order valence-electron chi connectivity index (χ3n) is 4.38. The Bertz CT molecular complexity index is 220. The molecule has 0 aromatic heterocycles. The molecule has 1 rings (SSSR count). The molecule has 0 radical (unpaired) electrons. The van der Waals surface area contributed by atoms with Crippen molar-refractivity contribution in [1.29, 1.82) is 0 Å². The summed E-state index contributed by atoms with van der Waals surface area (Å²) < 4.78 is 0. The molecule has 0 saturated heterocycles. The van der Waals surface area contributed by atoms with Gasteiger partial charge in [-0.25, -0.2) is 0 Å². The Morgan fingerprint density at radius 1 is 1.17 bits per heavy atom. The van der Waals surface area contributed by atoms with Crippen LogP contribution in [-0.4, -0.2) is 18.1 Å². The molecule has 3 atom stereocenters. The van der Waals surface area contributed by atoms with Gasteiger partial charge in [0.25, 0.3) is 0 Å². The minimum absolute atomic E-state index is 0.294. The molecule has 1 fully saturated rings. The molecule has 18 heavy (non-hydrogen) atoms. The first kappa shape index (κ1) is 15.9. The van der Waals surface area contributed by atoms with E-state index >= 15 is 0 Å². The highest BCUT2D eigenvalue weighted by molar-refractivity contribution is 4.87. The zero-order valence-corrected chi connectivity index (χ0v) is 12.6. The van der Waals surface area contributed by atoms with E-state index in [-0.39, 0.29) is 0 Å². The molecule has 3 unspecified atom stereocenters. The predicted molar refractivity (Wildman–Crippen MR) is 79.3 cm³/mol. The maximum atomic E-state index is 5.41. The van der Waals surface area contributed by atoms with Gasteiger partial charge in [0.05, 0.1) is 0 Å². The van der Waals surface area contributed by atoms with Gasteiger partial charge in [0.1, 0.15) is 0 Å². The molecule has 0 bridgehead atoms. The van der Waals surface area contributed by atoms with Crippen LogP contribution in [-0.2, 0) is 0 Å². The van der Waals surface area contributed by atoms with E-state index in [1.807, 2.05) is 0 Å². The first-order valence-corrected chi connectivity index (χ1v) is 7.77. The fourth-order valence-electron chi connectivity index (χ4n) is 3.16. The maximum absolute atomic E-state index is 5.41. The number of nitrogens with one attached hydrogen (secondary N) is 2. The second kappa shape index (κ2) is 8.13. The average molecular weight is 255 g/mol. The second-order valence-corrected chi connectivity index (χ2v) is 6.61. The van der Waals surface area contributed by atoms with E-state index in [9.17, 15) is 0 Å². The Kier molecular flexibility index (Phi) is 7.20. The van der Waals surface area contributed by atoms with Gasteiger partial charge in [0.2, 0.25) is 0 Å². The second-order valence-electron chi connectivity index (χ2n) is 6.61. The number of hydrogen-bond acceptors (Lipinski definition) is 3. The van der Waals surface area contributed by atoms with Gasteiger partial charge >= 0.3 is 0 Å². The van der Waals surface area contributed by atoms with Crippen molar-refractivity contribution in [2.75, 3.05) is 6.54 Å². The van der Waals surface area contributed by atoms with Gasteiger partial charge in [-0.2, -0.15) is 0 Å². The molecule has 0 heterocycles. The standard InChI is InChI=1S/C15H33N3/c1-13-8-6-4-5-7-10-15(3,11-9-13)18-14(2)12-17-16/h13-14,17-18H,4-12,16H2,1-3H3. The number of rotatable bonds is 4. The van der Waals surface area contributed by atoms with Gasteiger partial charge < -0.3 is 5.32 Å². The monoisotopic (exact) mass is 255 g/mol. The molecule has 0 spiro atoms. The molecule has 0 aromatic carbocycles. The van der Waals surface area contributed by atoms with E-state index in [0.29, 0.717) is 11.6 Å². The molecule has 1 saturated carbocycles. The van der Waals surface area contributed by atoms with Crippen LogP contribution in [0.1, 0.15) is 72.1 Å². The van der Waals surface area contributed by atoms with Crippen molar-refractivity contribution < 1.29 is 0 Å². The Morgan fingerprint density at radius 3 is 2.61 bits per heavy atom. The van der Waals surface area contributed by atoms with Crippen LogP contribution in [0.4, 0.5) is 0 Å². The summed E-state index contributed by atoms with van der Waals surface area (Å²) in [5, 5.41) is 3.79. The largest absolute Gasteiger partial charge is 0.308 e. The van der Waals surface area contributed by atoms with Gasteiger partial charge in [0, 0.05) is 18.1 Å². The number of nitrogens with two attached hydrogens (primary N) is 1. The van der Waals surface area contributed by atoms with Crippen molar-refractivity contribution in [3.63, 3.8) is 0 Å². The van der Waals surface area contributed by atoms with Crippen molar-refractivity contribution in [3.8, 4) is 0 Å². The van der Waals surface area contributed by atoms with Crippen LogP contribution >= 0.6 is 0 Å². The summed E-state index contributed by atoms with van der Waals surface area (Å²) in [6, 6.07) is 0.443. The summed E-state index contributed by atoms with van der Waals surface area (Å²) >= 11 is 0. The molecule has 3 heteroatoms. The van der Waals surface area contributed by atoms with Gasteiger partial charge in [-0.3, -0.25) is 11.3 Å². The summed E-state index contributed by atoms with van der Waals surface area (Å²) in [5.41, 5.74) is 3.06. The zero-order valence-electron chi connectivity index (χ0n) is 12.6. The van der Waals surface area contributed by atoms with Crippen LogP contribution in [0.2, 0.25) is 0 Å². The van der Waals surface area contributed by atoms with E-state index in [1.54, 1.807) is 0 Å². The summed E-state index contributed by atoms with van der Waals surface area (Å²) in [7, 11) is 0. The molecule has 4 N–H and O–H groups in total. The lowest BCUT2D eigenvalue weighted by Gasteiger charge is -2.36. The van der Waals surface area contributed by atoms with Crippen LogP contribution in [0.3, 0.4) is 0 Å². The molecule has 3 nitrogen and oxygen atoms in total. The van der Waals surface area contributed by atoms with E-state index in [1.165, 1.54) is 51.4 Å². The fraction of sp³-hybridized carbons (Fsp3) is 1.00. The van der Waals surface area contributed by atoms with Crippen LogP contribution in [0, 0.1) is 5.92 Å². The Morgan fingerprint density at radius 2 is 1.89 bits per heavy atom. The maximum Gasteiger partial charge on any atom is 0.0249 e. The number of hydrazine groups is 1. The Balaban J connectivity index is 2.50. The highest BCUT2D eigenvalue weighted by Crippen LogP contribution is 2.27. The third kappa shape index (κ3) is 6.17. The minimum atomic E-state index is 0.294. The van der Waals surface area contributed by atoms with Gasteiger partial charge in [0.15, 0.2) is 0 Å². The molecule has 0 amide bonds. The van der Waals surface area contributed by atoms with Crippen molar-refractivity contribution in [2.45, 2.75) is 83.7 Å². The van der Waals surface area contributed by atoms with Crippen LogP contribution < -0.4 is 16.6 Å². The topological polar surface area (TPSA) is 50.1 Å². The first-order chi connectivity index (χ1) is 8.56.